The zero-order valence-electron chi connectivity index (χ0n) is 19.1. The van der Waals surface area contributed by atoms with E-state index in [1.807, 2.05) is 102 Å². The van der Waals surface area contributed by atoms with Gasteiger partial charge in [0.05, 0.1) is 23.4 Å². The van der Waals surface area contributed by atoms with Crippen LogP contribution in [-0.2, 0) is 0 Å². The van der Waals surface area contributed by atoms with Crippen molar-refractivity contribution in [2.75, 3.05) is 5.32 Å². The summed E-state index contributed by atoms with van der Waals surface area (Å²) in [6, 6.07) is 28.3. The fourth-order valence-electron chi connectivity index (χ4n) is 4.05. The molecule has 2 aromatic heterocycles. The molecule has 0 aliphatic rings. The number of benzene rings is 4. The summed E-state index contributed by atoms with van der Waals surface area (Å²) in [6.07, 6.45) is 7.57. The maximum Gasteiger partial charge on any atom is 0.255 e. The van der Waals surface area contributed by atoms with Crippen LogP contribution in [0.4, 0.5) is 5.69 Å². The standard InChI is InChI=1S/C29H21N5O2/c35-29(21-6-2-1-3-7-21)32-23-9-5-10-24(16-23)36-25-13-12-22-18-31-34(28(22)17-25)15-14-20-8-4-11-27-26(20)19-30-33-27/h1-19H,(H,30,33)(H,32,35). The minimum absolute atomic E-state index is 0.170. The number of rotatable bonds is 6. The quantitative estimate of drug-likeness (QED) is 0.287. The zero-order chi connectivity index (χ0) is 24.3. The molecule has 7 heteroatoms. The number of ether oxygens (including phenoxy) is 1. The van der Waals surface area contributed by atoms with Gasteiger partial charge in [-0.2, -0.15) is 10.2 Å². The van der Waals surface area contributed by atoms with Gasteiger partial charge in [0.2, 0.25) is 0 Å². The van der Waals surface area contributed by atoms with Gasteiger partial charge < -0.3 is 10.1 Å². The Morgan fingerprint density at radius 2 is 1.75 bits per heavy atom. The minimum atomic E-state index is -0.170. The lowest BCUT2D eigenvalue weighted by molar-refractivity contribution is 0.102. The highest BCUT2D eigenvalue weighted by molar-refractivity contribution is 6.04. The van der Waals surface area contributed by atoms with Gasteiger partial charge in [0.1, 0.15) is 11.5 Å². The van der Waals surface area contributed by atoms with E-state index in [1.165, 1.54) is 0 Å². The first-order chi connectivity index (χ1) is 17.7. The third-order valence-corrected chi connectivity index (χ3v) is 5.85. The molecule has 174 valence electrons. The normalized spacial score (nSPS) is 11.3. The smallest absolute Gasteiger partial charge is 0.255 e. The number of anilines is 1. The summed E-state index contributed by atoms with van der Waals surface area (Å²) in [5, 5.41) is 16.6. The van der Waals surface area contributed by atoms with Crippen LogP contribution in [0.3, 0.4) is 0 Å². The van der Waals surface area contributed by atoms with Crippen molar-refractivity contribution in [3.8, 4) is 11.5 Å². The van der Waals surface area contributed by atoms with E-state index in [0.29, 0.717) is 22.7 Å². The molecule has 0 saturated heterocycles. The van der Waals surface area contributed by atoms with Crippen LogP contribution >= 0.6 is 0 Å². The summed E-state index contributed by atoms with van der Waals surface area (Å²) >= 11 is 0. The van der Waals surface area contributed by atoms with Crippen LogP contribution in [0.25, 0.3) is 34.1 Å². The first-order valence-corrected chi connectivity index (χ1v) is 11.4. The lowest BCUT2D eigenvalue weighted by Gasteiger charge is -2.09. The molecule has 0 aliphatic heterocycles. The van der Waals surface area contributed by atoms with Crippen LogP contribution in [0, 0.1) is 0 Å². The monoisotopic (exact) mass is 471 g/mol. The second-order valence-corrected chi connectivity index (χ2v) is 8.25. The first-order valence-electron chi connectivity index (χ1n) is 11.4. The average molecular weight is 472 g/mol. The fourth-order valence-corrected chi connectivity index (χ4v) is 4.05. The number of carbonyl (C=O) groups is 1. The van der Waals surface area contributed by atoms with E-state index in [0.717, 1.165) is 27.4 Å². The molecule has 2 heterocycles. The molecule has 0 atom stereocenters. The van der Waals surface area contributed by atoms with Crippen molar-refractivity contribution in [3.63, 3.8) is 0 Å². The van der Waals surface area contributed by atoms with E-state index in [2.05, 4.69) is 20.6 Å². The summed E-state index contributed by atoms with van der Waals surface area (Å²) in [5.74, 6) is 1.12. The van der Waals surface area contributed by atoms with Gasteiger partial charge in [-0.3, -0.25) is 9.89 Å². The number of amides is 1. The van der Waals surface area contributed by atoms with Gasteiger partial charge in [-0.25, -0.2) is 4.68 Å². The lowest BCUT2D eigenvalue weighted by Crippen LogP contribution is -2.11. The molecule has 1 amide bonds. The summed E-state index contributed by atoms with van der Waals surface area (Å²) in [7, 11) is 0. The molecule has 0 saturated carbocycles. The molecule has 0 fully saturated rings. The van der Waals surface area contributed by atoms with Crippen LogP contribution in [0.2, 0.25) is 0 Å². The van der Waals surface area contributed by atoms with Crippen LogP contribution < -0.4 is 10.1 Å². The molecular weight excluding hydrogens is 450 g/mol. The van der Waals surface area contributed by atoms with Crippen LogP contribution in [0.1, 0.15) is 15.9 Å². The number of carbonyl (C=O) groups excluding carboxylic acids is 1. The highest BCUT2D eigenvalue weighted by Crippen LogP contribution is 2.28. The number of hydrogen-bond acceptors (Lipinski definition) is 4. The van der Waals surface area contributed by atoms with Gasteiger partial charge in [0.15, 0.2) is 0 Å². The van der Waals surface area contributed by atoms with E-state index in [4.69, 9.17) is 4.74 Å². The second-order valence-electron chi connectivity index (χ2n) is 8.25. The molecule has 2 N–H and O–H groups in total. The lowest BCUT2D eigenvalue weighted by atomic mass is 10.1. The van der Waals surface area contributed by atoms with Gasteiger partial charge in [-0.1, -0.05) is 36.4 Å². The predicted molar refractivity (Wildman–Crippen MR) is 142 cm³/mol. The molecule has 6 aromatic rings. The highest BCUT2D eigenvalue weighted by atomic mass is 16.5. The van der Waals surface area contributed by atoms with Gasteiger partial charge >= 0.3 is 0 Å². The number of nitrogens with one attached hydrogen (secondary N) is 2. The Balaban J connectivity index is 1.23. The number of fused-ring (bicyclic) bond motifs is 2. The van der Waals surface area contributed by atoms with Crippen molar-refractivity contribution in [1.29, 1.82) is 0 Å². The van der Waals surface area contributed by atoms with Crippen molar-refractivity contribution < 1.29 is 9.53 Å². The number of hydrogen-bond donors (Lipinski definition) is 2. The van der Waals surface area contributed by atoms with Crippen LogP contribution in [0.15, 0.2) is 103 Å². The van der Waals surface area contributed by atoms with Crippen molar-refractivity contribution in [1.82, 2.24) is 20.0 Å². The number of aromatic amines is 1. The van der Waals surface area contributed by atoms with Crippen molar-refractivity contribution in [2.24, 2.45) is 0 Å². The topological polar surface area (TPSA) is 84.8 Å². The SMILES string of the molecule is O=C(Nc1cccc(Oc2ccc3cnn(C=Cc4cccc5[nH]ncc45)c3c2)c1)c1ccccc1. The van der Waals surface area contributed by atoms with Gasteiger partial charge in [0.25, 0.3) is 5.91 Å². The van der Waals surface area contributed by atoms with Crippen molar-refractivity contribution >= 4 is 45.7 Å². The fraction of sp³-hybridized carbons (Fsp3) is 0. The third-order valence-electron chi connectivity index (χ3n) is 5.85. The summed E-state index contributed by atoms with van der Waals surface area (Å²) in [5.41, 5.74) is 4.20. The molecule has 0 bridgehead atoms. The zero-order valence-corrected chi connectivity index (χ0v) is 19.1. The number of nitrogens with zero attached hydrogens (tertiary/aromatic N) is 3. The van der Waals surface area contributed by atoms with E-state index in [-0.39, 0.29) is 5.91 Å². The molecule has 0 aliphatic carbocycles. The number of aromatic nitrogens is 4. The predicted octanol–water partition coefficient (Wildman–Crippen LogP) is 6.59. The molecule has 7 nitrogen and oxygen atoms in total. The van der Waals surface area contributed by atoms with E-state index < -0.39 is 0 Å². The number of H-pyrrole nitrogens is 1. The van der Waals surface area contributed by atoms with Crippen LogP contribution in [-0.4, -0.2) is 25.9 Å². The van der Waals surface area contributed by atoms with Gasteiger partial charge in [-0.05, 0) is 54.1 Å². The maximum atomic E-state index is 12.5. The second kappa shape index (κ2) is 9.23. The summed E-state index contributed by atoms with van der Waals surface area (Å²) < 4.78 is 7.94. The molecular formula is C29H21N5O2. The average Bonchev–Trinajstić information content (AvgIpc) is 3.55. The third kappa shape index (κ3) is 4.33. The molecule has 6 rings (SSSR count). The Hall–Kier alpha value is -5.17. The molecule has 0 radical (unpaired) electrons. The molecule has 4 aromatic carbocycles. The first kappa shape index (κ1) is 21.4. The van der Waals surface area contributed by atoms with Crippen molar-refractivity contribution in [3.05, 3.63) is 115 Å². The molecule has 0 unspecified atom stereocenters. The van der Waals surface area contributed by atoms with Crippen LogP contribution in [0.5, 0.6) is 11.5 Å². The largest absolute Gasteiger partial charge is 0.457 e. The Labute approximate surface area is 206 Å². The van der Waals surface area contributed by atoms with E-state index >= 15 is 0 Å². The summed E-state index contributed by atoms with van der Waals surface area (Å²) in [4.78, 5) is 12.5. The van der Waals surface area contributed by atoms with Crippen molar-refractivity contribution in [2.45, 2.75) is 0 Å². The van der Waals surface area contributed by atoms with E-state index in [9.17, 15) is 4.79 Å². The van der Waals surface area contributed by atoms with Gasteiger partial charge in [0, 0.05) is 40.4 Å². The molecule has 0 spiro atoms. The Morgan fingerprint density at radius 1 is 0.889 bits per heavy atom. The maximum absolute atomic E-state index is 12.5. The van der Waals surface area contributed by atoms with E-state index in [1.54, 1.807) is 18.2 Å². The highest BCUT2D eigenvalue weighted by Gasteiger charge is 2.08. The minimum Gasteiger partial charge on any atom is -0.457 e. The Bertz CT molecular complexity index is 1720. The van der Waals surface area contributed by atoms with Gasteiger partial charge in [-0.15, -0.1) is 0 Å². The molecule has 36 heavy (non-hydrogen) atoms. The summed E-state index contributed by atoms with van der Waals surface area (Å²) in [6.45, 7) is 0. The Morgan fingerprint density at radius 3 is 2.67 bits per heavy atom. The Kier molecular flexibility index (Phi) is 5.48.